The van der Waals surface area contributed by atoms with Gasteiger partial charge in [-0.2, -0.15) is 11.8 Å². The molecule has 0 fully saturated rings. The van der Waals surface area contributed by atoms with Crippen LogP contribution in [0.1, 0.15) is 12.5 Å². The van der Waals surface area contributed by atoms with E-state index in [9.17, 15) is 19.1 Å². The zero-order valence-electron chi connectivity index (χ0n) is 10.1. The summed E-state index contributed by atoms with van der Waals surface area (Å²) in [5.41, 5.74) is -1.23. The smallest absolute Gasteiger partial charge is 0.333 e. The van der Waals surface area contributed by atoms with Crippen LogP contribution in [0.4, 0.5) is 4.39 Å². The first-order valence-electron chi connectivity index (χ1n) is 5.19. The number of carbonyl (C=O) groups excluding carboxylic acids is 1. The van der Waals surface area contributed by atoms with Gasteiger partial charge in [-0.3, -0.25) is 4.79 Å². The Bertz CT molecular complexity index is 449. The Morgan fingerprint density at radius 2 is 1.94 bits per heavy atom. The van der Waals surface area contributed by atoms with Crippen molar-refractivity contribution in [3.63, 3.8) is 0 Å². The van der Waals surface area contributed by atoms with Crippen molar-refractivity contribution in [3.8, 4) is 0 Å². The first-order valence-corrected chi connectivity index (χ1v) is 6.59. The molecular formula is C12H14FNO3S. The highest BCUT2D eigenvalue weighted by molar-refractivity contribution is 7.99. The zero-order chi connectivity index (χ0) is 13.8. The zero-order valence-corrected chi connectivity index (χ0v) is 10.9. The molecule has 0 saturated heterocycles. The fourth-order valence-corrected chi connectivity index (χ4v) is 1.81. The standard InChI is InChI=1S/C12H14FNO3S/c1-12(11(16)17,14-10(15)7-18-2)8-3-5-9(13)6-4-8/h3-6H,7H2,1-2H3,(H,14,15)(H,16,17). The number of carboxylic acid groups (broad SMARTS) is 1. The van der Waals surface area contributed by atoms with Crippen LogP contribution < -0.4 is 5.32 Å². The van der Waals surface area contributed by atoms with Crippen molar-refractivity contribution in [2.75, 3.05) is 12.0 Å². The predicted octanol–water partition coefficient (Wildman–Crippen LogP) is 1.60. The molecule has 0 bridgehead atoms. The van der Waals surface area contributed by atoms with Crippen molar-refractivity contribution in [2.24, 2.45) is 0 Å². The maximum Gasteiger partial charge on any atom is 0.333 e. The molecule has 1 atom stereocenters. The van der Waals surface area contributed by atoms with Gasteiger partial charge in [-0.15, -0.1) is 0 Å². The summed E-state index contributed by atoms with van der Waals surface area (Å²) >= 11 is 1.29. The number of nitrogens with one attached hydrogen (secondary N) is 1. The van der Waals surface area contributed by atoms with Crippen molar-refractivity contribution in [1.29, 1.82) is 0 Å². The minimum atomic E-state index is -1.56. The molecule has 0 aliphatic carbocycles. The van der Waals surface area contributed by atoms with Gasteiger partial charge in [0.2, 0.25) is 5.91 Å². The van der Waals surface area contributed by atoms with E-state index in [1.807, 2.05) is 0 Å². The van der Waals surface area contributed by atoms with Crippen molar-refractivity contribution >= 4 is 23.6 Å². The fourth-order valence-electron chi connectivity index (χ4n) is 1.48. The quantitative estimate of drug-likeness (QED) is 0.853. The summed E-state index contributed by atoms with van der Waals surface area (Å²) < 4.78 is 12.8. The number of hydrogen-bond donors (Lipinski definition) is 2. The van der Waals surface area contributed by atoms with Crippen LogP contribution in [0.15, 0.2) is 24.3 Å². The van der Waals surface area contributed by atoms with E-state index in [2.05, 4.69) is 5.32 Å². The fraction of sp³-hybridized carbons (Fsp3) is 0.333. The van der Waals surface area contributed by atoms with Crippen LogP contribution >= 0.6 is 11.8 Å². The number of rotatable bonds is 5. The molecule has 0 saturated carbocycles. The maximum absolute atomic E-state index is 12.8. The van der Waals surface area contributed by atoms with Gasteiger partial charge in [0.05, 0.1) is 5.75 Å². The Balaban J connectivity index is 3.03. The average Bonchev–Trinajstić information content (AvgIpc) is 2.29. The number of thioether (sulfide) groups is 1. The van der Waals surface area contributed by atoms with Crippen LogP contribution in [0.3, 0.4) is 0 Å². The summed E-state index contributed by atoms with van der Waals surface area (Å²) in [7, 11) is 0. The highest BCUT2D eigenvalue weighted by atomic mass is 32.2. The second-order valence-electron chi connectivity index (χ2n) is 3.92. The molecule has 1 rings (SSSR count). The number of halogens is 1. The lowest BCUT2D eigenvalue weighted by Crippen LogP contribution is -2.50. The van der Waals surface area contributed by atoms with Crippen LogP contribution in [-0.2, 0) is 15.1 Å². The summed E-state index contributed by atoms with van der Waals surface area (Å²) in [5.74, 6) is -1.86. The van der Waals surface area contributed by atoms with E-state index in [1.165, 1.54) is 30.8 Å². The summed E-state index contributed by atoms with van der Waals surface area (Å²) in [6, 6.07) is 5.03. The van der Waals surface area contributed by atoms with E-state index >= 15 is 0 Å². The molecule has 0 spiro atoms. The molecular weight excluding hydrogens is 257 g/mol. The van der Waals surface area contributed by atoms with Gasteiger partial charge in [0.25, 0.3) is 0 Å². The second kappa shape index (κ2) is 5.86. The van der Waals surface area contributed by atoms with Crippen molar-refractivity contribution in [2.45, 2.75) is 12.5 Å². The number of carboxylic acids is 1. The van der Waals surface area contributed by atoms with Crippen LogP contribution in [0, 0.1) is 5.82 Å². The van der Waals surface area contributed by atoms with E-state index < -0.39 is 17.3 Å². The van der Waals surface area contributed by atoms with E-state index in [4.69, 9.17) is 0 Å². The predicted molar refractivity (Wildman–Crippen MR) is 67.9 cm³/mol. The largest absolute Gasteiger partial charge is 0.479 e. The molecule has 2 N–H and O–H groups in total. The Labute approximate surface area is 109 Å². The SMILES string of the molecule is CSCC(=O)NC(C)(C(=O)O)c1ccc(F)cc1. The van der Waals surface area contributed by atoms with Gasteiger partial charge >= 0.3 is 5.97 Å². The van der Waals surface area contributed by atoms with Gasteiger partial charge in [-0.25, -0.2) is 9.18 Å². The monoisotopic (exact) mass is 271 g/mol. The molecule has 1 unspecified atom stereocenters. The first-order chi connectivity index (χ1) is 8.40. The van der Waals surface area contributed by atoms with Gasteiger partial charge in [0.1, 0.15) is 5.82 Å². The molecule has 18 heavy (non-hydrogen) atoms. The van der Waals surface area contributed by atoms with E-state index in [-0.39, 0.29) is 11.7 Å². The number of hydrogen-bond acceptors (Lipinski definition) is 3. The van der Waals surface area contributed by atoms with E-state index in [0.717, 1.165) is 12.1 Å². The van der Waals surface area contributed by atoms with Gasteiger partial charge in [0.15, 0.2) is 5.54 Å². The molecule has 0 heterocycles. The topological polar surface area (TPSA) is 66.4 Å². The minimum absolute atomic E-state index is 0.171. The Kier molecular flexibility index (Phi) is 4.72. The molecule has 98 valence electrons. The molecule has 0 radical (unpaired) electrons. The number of carbonyl (C=O) groups is 2. The summed E-state index contributed by atoms with van der Waals surface area (Å²) in [4.78, 5) is 22.9. The summed E-state index contributed by atoms with van der Waals surface area (Å²) in [6.45, 7) is 1.38. The minimum Gasteiger partial charge on any atom is -0.479 e. The third-order valence-corrected chi connectivity index (χ3v) is 3.07. The Morgan fingerprint density at radius 1 is 1.39 bits per heavy atom. The Morgan fingerprint density at radius 3 is 2.39 bits per heavy atom. The molecule has 1 amide bonds. The van der Waals surface area contributed by atoms with Gasteiger partial charge < -0.3 is 10.4 Å². The summed E-state index contributed by atoms with van der Waals surface area (Å²) in [5, 5.41) is 11.7. The number of amides is 1. The molecule has 0 aromatic heterocycles. The van der Waals surface area contributed by atoms with Crippen molar-refractivity contribution in [1.82, 2.24) is 5.32 Å². The second-order valence-corrected chi connectivity index (χ2v) is 4.78. The lowest BCUT2D eigenvalue weighted by molar-refractivity contribution is -0.147. The highest BCUT2D eigenvalue weighted by Gasteiger charge is 2.36. The third kappa shape index (κ3) is 3.22. The van der Waals surface area contributed by atoms with Gasteiger partial charge in [-0.1, -0.05) is 12.1 Å². The molecule has 0 aliphatic rings. The van der Waals surface area contributed by atoms with E-state index in [0.29, 0.717) is 5.56 Å². The molecule has 6 heteroatoms. The van der Waals surface area contributed by atoms with Crippen LogP contribution in [0.2, 0.25) is 0 Å². The maximum atomic E-state index is 12.8. The molecule has 1 aromatic carbocycles. The average molecular weight is 271 g/mol. The van der Waals surface area contributed by atoms with Crippen molar-refractivity contribution < 1.29 is 19.1 Å². The van der Waals surface area contributed by atoms with Crippen LogP contribution in [-0.4, -0.2) is 29.0 Å². The Hall–Kier alpha value is -1.56. The van der Waals surface area contributed by atoms with Gasteiger partial charge in [0, 0.05) is 0 Å². The first kappa shape index (κ1) is 14.5. The molecule has 0 aliphatic heterocycles. The lowest BCUT2D eigenvalue weighted by Gasteiger charge is -2.26. The normalized spacial score (nSPS) is 13.7. The van der Waals surface area contributed by atoms with Crippen LogP contribution in [0.25, 0.3) is 0 Å². The van der Waals surface area contributed by atoms with E-state index in [1.54, 1.807) is 6.26 Å². The third-order valence-electron chi connectivity index (χ3n) is 2.51. The molecule has 1 aromatic rings. The molecule has 4 nitrogen and oxygen atoms in total. The number of aliphatic carboxylic acids is 1. The number of benzene rings is 1. The van der Waals surface area contributed by atoms with Crippen LogP contribution in [0.5, 0.6) is 0 Å². The van der Waals surface area contributed by atoms with Crippen molar-refractivity contribution in [3.05, 3.63) is 35.6 Å². The summed E-state index contributed by atoms with van der Waals surface area (Å²) in [6.07, 6.45) is 1.75. The highest BCUT2D eigenvalue weighted by Crippen LogP contribution is 2.21. The lowest BCUT2D eigenvalue weighted by atomic mass is 9.92. The van der Waals surface area contributed by atoms with Gasteiger partial charge in [-0.05, 0) is 30.9 Å².